The van der Waals surface area contributed by atoms with Gasteiger partial charge in [-0.1, -0.05) is 6.07 Å². The summed E-state index contributed by atoms with van der Waals surface area (Å²) in [6.45, 7) is 0. The predicted molar refractivity (Wildman–Crippen MR) is 75.6 cm³/mol. The molecule has 5 heteroatoms. The monoisotopic (exact) mass is 262 g/mol. The van der Waals surface area contributed by atoms with Crippen molar-refractivity contribution in [3.63, 3.8) is 0 Å². The van der Waals surface area contributed by atoms with Gasteiger partial charge < -0.3 is 10.6 Å². The summed E-state index contributed by atoms with van der Waals surface area (Å²) in [7, 11) is 0. The number of hydrogen-bond acceptors (Lipinski definition) is 4. The molecule has 3 rings (SSSR count). The Hall–Kier alpha value is -3.13. The second kappa shape index (κ2) is 4.86. The van der Waals surface area contributed by atoms with Crippen molar-refractivity contribution in [2.75, 3.05) is 10.6 Å². The number of nitrogens with one attached hydrogen (secondary N) is 2. The van der Waals surface area contributed by atoms with Crippen molar-refractivity contribution in [1.82, 2.24) is 4.98 Å². The van der Waals surface area contributed by atoms with Crippen LogP contribution in [0.5, 0.6) is 0 Å². The molecule has 0 radical (unpaired) electrons. The molecule has 1 amide bonds. The van der Waals surface area contributed by atoms with E-state index in [0.29, 0.717) is 22.5 Å². The van der Waals surface area contributed by atoms with E-state index in [1.54, 1.807) is 42.7 Å². The smallest absolute Gasteiger partial charge is 0.259 e. The van der Waals surface area contributed by atoms with Gasteiger partial charge in [0.05, 0.1) is 22.9 Å². The van der Waals surface area contributed by atoms with Gasteiger partial charge in [0.1, 0.15) is 5.69 Å². The normalized spacial score (nSPS) is 14.6. The zero-order chi connectivity index (χ0) is 13.9. The first kappa shape index (κ1) is 11.9. The number of nitrogens with zero attached hydrogens (tertiary/aromatic N) is 2. The van der Waals surface area contributed by atoms with Crippen LogP contribution in [0.1, 0.15) is 11.3 Å². The molecule has 2 N–H and O–H groups in total. The van der Waals surface area contributed by atoms with Crippen LogP contribution < -0.4 is 10.6 Å². The fourth-order valence-electron chi connectivity index (χ4n) is 1.99. The highest BCUT2D eigenvalue weighted by atomic mass is 16.2. The van der Waals surface area contributed by atoms with E-state index in [9.17, 15) is 4.79 Å². The molecule has 0 atom stereocenters. The molecule has 0 spiro atoms. The number of fused-ring (bicyclic) bond motifs is 1. The summed E-state index contributed by atoms with van der Waals surface area (Å²) in [4.78, 5) is 16.1. The van der Waals surface area contributed by atoms with Gasteiger partial charge in [-0.3, -0.25) is 9.78 Å². The van der Waals surface area contributed by atoms with Crippen molar-refractivity contribution in [1.29, 1.82) is 5.26 Å². The first-order valence-corrected chi connectivity index (χ1v) is 6.01. The number of benzene rings is 1. The predicted octanol–water partition coefficient (Wildman–Crippen LogP) is 2.36. The lowest BCUT2D eigenvalue weighted by molar-refractivity contribution is -0.110. The molecule has 96 valence electrons. The molecule has 0 unspecified atom stereocenters. The van der Waals surface area contributed by atoms with E-state index in [1.165, 1.54) is 0 Å². The third-order valence-corrected chi connectivity index (χ3v) is 2.93. The Morgan fingerprint density at radius 1 is 1.30 bits per heavy atom. The maximum absolute atomic E-state index is 11.9. The maximum atomic E-state index is 11.9. The van der Waals surface area contributed by atoms with Crippen LogP contribution in [0.4, 0.5) is 11.4 Å². The third-order valence-electron chi connectivity index (χ3n) is 2.93. The Labute approximate surface area is 115 Å². The van der Waals surface area contributed by atoms with Crippen LogP contribution in [-0.4, -0.2) is 10.9 Å². The number of aromatic nitrogens is 1. The molecule has 1 aliphatic heterocycles. The van der Waals surface area contributed by atoms with Crippen LogP contribution in [0.2, 0.25) is 0 Å². The minimum atomic E-state index is -0.192. The van der Waals surface area contributed by atoms with Gasteiger partial charge in [-0.25, -0.2) is 0 Å². The van der Waals surface area contributed by atoms with E-state index in [0.717, 1.165) is 5.69 Å². The van der Waals surface area contributed by atoms with Gasteiger partial charge in [0.2, 0.25) is 0 Å². The Morgan fingerprint density at radius 2 is 2.20 bits per heavy atom. The summed E-state index contributed by atoms with van der Waals surface area (Å²) in [6.07, 6.45) is 3.24. The van der Waals surface area contributed by atoms with Gasteiger partial charge in [-0.05, 0) is 30.3 Å². The van der Waals surface area contributed by atoms with Crippen molar-refractivity contribution < 1.29 is 4.79 Å². The van der Waals surface area contributed by atoms with Crippen LogP contribution in [0.25, 0.3) is 5.57 Å². The summed E-state index contributed by atoms with van der Waals surface area (Å²) >= 11 is 0. The van der Waals surface area contributed by atoms with E-state index < -0.39 is 0 Å². The number of pyridine rings is 1. The highest BCUT2D eigenvalue weighted by molar-refractivity contribution is 6.31. The summed E-state index contributed by atoms with van der Waals surface area (Å²) in [6, 6.07) is 12.7. The van der Waals surface area contributed by atoms with E-state index in [1.807, 2.05) is 6.07 Å². The topological polar surface area (TPSA) is 77.8 Å². The average molecular weight is 262 g/mol. The fraction of sp³-hybridized carbons (Fsp3) is 0. The molecule has 0 fully saturated rings. The van der Waals surface area contributed by atoms with Crippen LogP contribution in [0, 0.1) is 11.3 Å². The fourth-order valence-corrected chi connectivity index (χ4v) is 1.99. The van der Waals surface area contributed by atoms with Gasteiger partial charge in [-0.2, -0.15) is 5.26 Å². The van der Waals surface area contributed by atoms with Gasteiger partial charge in [0.15, 0.2) is 0 Å². The minimum Gasteiger partial charge on any atom is -0.361 e. The zero-order valence-corrected chi connectivity index (χ0v) is 10.4. The van der Waals surface area contributed by atoms with E-state index in [-0.39, 0.29) is 5.91 Å². The molecule has 0 saturated heterocycles. The van der Waals surface area contributed by atoms with Crippen LogP contribution in [0.3, 0.4) is 0 Å². The molecule has 2 heterocycles. The molecular formula is C15H10N4O. The van der Waals surface area contributed by atoms with Gasteiger partial charge in [0, 0.05) is 18.1 Å². The lowest BCUT2D eigenvalue weighted by Crippen LogP contribution is -2.05. The highest BCUT2D eigenvalue weighted by Gasteiger charge is 2.24. The van der Waals surface area contributed by atoms with Gasteiger partial charge in [-0.15, -0.1) is 0 Å². The zero-order valence-electron chi connectivity index (χ0n) is 10.4. The average Bonchev–Trinajstić information content (AvgIpc) is 2.81. The molecule has 1 aliphatic rings. The van der Waals surface area contributed by atoms with E-state index >= 15 is 0 Å². The van der Waals surface area contributed by atoms with Crippen molar-refractivity contribution in [2.45, 2.75) is 0 Å². The molecule has 1 aromatic carbocycles. The van der Waals surface area contributed by atoms with Gasteiger partial charge >= 0.3 is 0 Å². The van der Waals surface area contributed by atoms with Crippen molar-refractivity contribution >= 4 is 22.9 Å². The van der Waals surface area contributed by atoms with Crippen molar-refractivity contribution in [3.05, 3.63) is 60.1 Å². The largest absolute Gasteiger partial charge is 0.361 e. The molecular weight excluding hydrogens is 252 g/mol. The Kier molecular flexibility index (Phi) is 2.90. The Bertz CT molecular complexity index is 758. The SMILES string of the molecule is N#Cc1cccc(N/C=C2\C(=O)Nc3cccnc32)c1. The molecule has 20 heavy (non-hydrogen) atoms. The van der Waals surface area contributed by atoms with Crippen molar-refractivity contribution in [3.8, 4) is 6.07 Å². The molecule has 0 bridgehead atoms. The Balaban J connectivity index is 1.90. The number of carbonyl (C=O) groups excluding carboxylic acids is 1. The van der Waals surface area contributed by atoms with Gasteiger partial charge in [0.25, 0.3) is 5.91 Å². The molecule has 0 aliphatic carbocycles. The second-order valence-corrected chi connectivity index (χ2v) is 4.25. The number of rotatable bonds is 2. The first-order chi connectivity index (χ1) is 9.78. The number of nitriles is 1. The number of hydrogen-bond donors (Lipinski definition) is 2. The van der Waals surface area contributed by atoms with Crippen molar-refractivity contribution in [2.24, 2.45) is 0 Å². The standard InChI is InChI=1S/C15H10N4O/c16-8-10-3-1-4-11(7-10)18-9-12-14-13(19-15(12)20)5-2-6-17-14/h1-7,9,18H,(H,19,20)/b12-9-. The first-order valence-electron chi connectivity index (χ1n) is 6.01. The van der Waals surface area contributed by atoms with E-state index in [2.05, 4.69) is 21.7 Å². The summed E-state index contributed by atoms with van der Waals surface area (Å²) in [5, 5.41) is 14.6. The van der Waals surface area contributed by atoms with Crippen LogP contribution >= 0.6 is 0 Å². The second-order valence-electron chi connectivity index (χ2n) is 4.25. The number of carbonyl (C=O) groups is 1. The maximum Gasteiger partial charge on any atom is 0.259 e. The third kappa shape index (κ3) is 2.10. The number of anilines is 2. The molecule has 0 saturated carbocycles. The highest BCUT2D eigenvalue weighted by Crippen LogP contribution is 2.29. The summed E-state index contributed by atoms with van der Waals surface area (Å²) < 4.78 is 0. The minimum absolute atomic E-state index is 0.192. The van der Waals surface area contributed by atoms with Crippen LogP contribution in [0.15, 0.2) is 48.8 Å². The molecule has 5 nitrogen and oxygen atoms in total. The van der Waals surface area contributed by atoms with Crippen LogP contribution in [-0.2, 0) is 4.79 Å². The lowest BCUT2D eigenvalue weighted by Gasteiger charge is -2.02. The van der Waals surface area contributed by atoms with E-state index in [4.69, 9.17) is 5.26 Å². The summed E-state index contributed by atoms with van der Waals surface area (Å²) in [5.41, 5.74) is 3.11. The molecule has 2 aromatic rings. The lowest BCUT2D eigenvalue weighted by atomic mass is 10.2. The Morgan fingerprint density at radius 3 is 3.05 bits per heavy atom. The quantitative estimate of drug-likeness (QED) is 0.814. The summed E-state index contributed by atoms with van der Waals surface area (Å²) in [5.74, 6) is -0.192. The molecule has 1 aromatic heterocycles. The number of amides is 1.